The molecule has 0 heterocycles. The molecule has 2 aromatic rings. The maximum absolute atomic E-state index is 14.9. The lowest BCUT2D eigenvalue weighted by Crippen LogP contribution is -2.57. The lowest BCUT2D eigenvalue weighted by Gasteiger charge is -2.48. The van der Waals surface area contributed by atoms with Crippen molar-refractivity contribution in [1.29, 1.82) is 0 Å². The Balaban J connectivity index is 2.08. The van der Waals surface area contributed by atoms with Crippen molar-refractivity contribution >= 4 is 42.7 Å². The number of hydrogen-bond acceptors (Lipinski definition) is 4. The van der Waals surface area contributed by atoms with E-state index in [0.29, 0.717) is 6.16 Å². The molecule has 1 aliphatic carbocycles. The fourth-order valence-electron chi connectivity index (χ4n) is 5.05. The standard InChI is InChI=1S/C35H59O4PSi3/c1-34(2,3)42(10,11)37-31-26-28(27-32(33(31)39-41(7,8)9)38-43(12,13)35(4,5)6)24-25-40(36,29-20-16-14-17-21-29)30-22-18-15-19-23-30/h14-23,26,31-33H,24-25,27H2,1-13H3/t31-,32-,33?/m1/s1. The quantitative estimate of drug-likeness (QED) is 0.137. The third-order valence-corrected chi connectivity index (χ3v) is 22.7. The normalized spacial score (nSPS) is 21.0. The molecule has 2 aromatic carbocycles. The first-order chi connectivity index (χ1) is 19.6. The van der Waals surface area contributed by atoms with Gasteiger partial charge in [0.1, 0.15) is 7.14 Å². The van der Waals surface area contributed by atoms with Gasteiger partial charge < -0.3 is 17.8 Å². The number of rotatable bonds is 11. The molecule has 0 spiro atoms. The molecule has 0 N–H and O–H groups in total. The molecule has 240 valence electrons. The molecular formula is C35H59O4PSi3. The topological polar surface area (TPSA) is 44.8 Å². The predicted molar refractivity (Wildman–Crippen MR) is 194 cm³/mol. The number of benzene rings is 2. The Morgan fingerprint density at radius 1 is 0.698 bits per heavy atom. The van der Waals surface area contributed by atoms with E-state index in [9.17, 15) is 4.57 Å². The molecule has 1 unspecified atom stereocenters. The summed E-state index contributed by atoms with van der Waals surface area (Å²) in [5.41, 5.74) is 1.27. The second-order valence-electron chi connectivity index (χ2n) is 16.4. The van der Waals surface area contributed by atoms with E-state index in [1.54, 1.807) is 0 Å². The molecule has 0 saturated heterocycles. The SMILES string of the molecule is CC(C)(C)[Si](C)(C)O[C@@H]1C=C(CCP(=O)(c2ccccc2)c2ccccc2)C[C@@H](O[Si](C)(C)C(C)(C)C)C1O[Si](C)(C)C. The van der Waals surface area contributed by atoms with Crippen LogP contribution in [0.3, 0.4) is 0 Å². The smallest absolute Gasteiger partial charge is 0.193 e. The summed E-state index contributed by atoms with van der Waals surface area (Å²) in [5.74, 6) is 0. The van der Waals surface area contributed by atoms with Gasteiger partial charge in [0.2, 0.25) is 0 Å². The van der Waals surface area contributed by atoms with Crippen LogP contribution in [0.4, 0.5) is 0 Å². The minimum absolute atomic E-state index is 0.0638. The first-order valence-corrected chi connectivity index (χ1v) is 27.1. The minimum atomic E-state index is -2.84. The molecule has 0 radical (unpaired) electrons. The van der Waals surface area contributed by atoms with Crippen LogP contribution in [0.2, 0.25) is 55.9 Å². The average Bonchev–Trinajstić information content (AvgIpc) is 2.88. The molecule has 1 aliphatic rings. The lowest BCUT2D eigenvalue weighted by molar-refractivity contribution is -0.0265. The van der Waals surface area contributed by atoms with Crippen LogP contribution in [-0.2, 0) is 17.8 Å². The van der Waals surface area contributed by atoms with E-state index in [0.717, 1.165) is 23.5 Å². The first-order valence-electron chi connectivity index (χ1n) is 16.0. The van der Waals surface area contributed by atoms with Gasteiger partial charge in [-0.3, -0.25) is 0 Å². The Morgan fingerprint density at radius 2 is 1.14 bits per heavy atom. The summed E-state index contributed by atoms with van der Waals surface area (Å²) in [6.07, 6.45) is 3.96. The van der Waals surface area contributed by atoms with Crippen molar-refractivity contribution in [3.63, 3.8) is 0 Å². The molecule has 3 atom stereocenters. The van der Waals surface area contributed by atoms with Crippen molar-refractivity contribution in [2.45, 2.75) is 129 Å². The van der Waals surface area contributed by atoms with E-state index in [2.05, 4.69) is 93.4 Å². The van der Waals surface area contributed by atoms with Gasteiger partial charge >= 0.3 is 0 Å². The maximum Gasteiger partial charge on any atom is 0.193 e. The van der Waals surface area contributed by atoms with Crippen molar-refractivity contribution in [2.24, 2.45) is 0 Å². The first kappa shape index (κ1) is 36.4. The maximum atomic E-state index is 14.9. The Kier molecular flexibility index (Phi) is 11.3. The fraction of sp³-hybridized carbons (Fsp3) is 0.600. The molecular weight excluding hydrogens is 600 g/mol. The highest BCUT2D eigenvalue weighted by molar-refractivity contribution is 7.78. The zero-order chi connectivity index (χ0) is 32.5. The van der Waals surface area contributed by atoms with E-state index in [1.165, 1.54) is 5.57 Å². The van der Waals surface area contributed by atoms with Crippen LogP contribution in [0, 0.1) is 0 Å². The van der Waals surface area contributed by atoms with Gasteiger partial charge in [0, 0.05) is 16.8 Å². The summed E-state index contributed by atoms with van der Waals surface area (Å²) in [5, 5.41) is 1.97. The summed E-state index contributed by atoms with van der Waals surface area (Å²) in [6, 6.07) is 20.1. The van der Waals surface area contributed by atoms with Gasteiger partial charge in [-0.1, -0.05) is 114 Å². The van der Waals surface area contributed by atoms with Crippen LogP contribution in [-0.4, -0.2) is 49.4 Å². The third kappa shape index (κ3) is 9.25. The lowest BCUT2D eigenvalue weighted by atomic mass is 9.91. The van der Waals surface area contributed by atoms with Crippen LogP contribution < -0.4 is 10.6 Å². The second-order valence-corrected chi connectivity index (χ2v) is 33.3. The Labute approximate surface area is 266 Å². The molecule has 0 aromatic heterocycles. The Hall–Kier alpha value is -1.06. The zero-order valence-corrected chi connectivity index (χ0v) is 33.2. The van der Waals surface area contributed by atoms with Crippen molar-refractivity contribution in [3.05, 3.63) is 72.3 Å². The third-order valence-electron chi connectivity index (χ3n) is 9.63. The largest absolute Gasteiger partial charge is 0.411 e. The minimum Gasteiger partial charge on any atom is -0.411 e. The monoisotopic (exact) mass is 658 g/mol. The Bertz CT molecular complexity index is 1230. The van der Waals surface area contributed by atoms with Gasteiger partial charge in [0.25, 0.3) is 0 Å². The van der Waals surface area contributed by atoms with Gasteiger partial charge in [-0.05, 0) is 68.7 Å². The van der Waals surface area contributed by atoms with Gasteiger partial charge in [0.15, 0.2) is 25.0 Å². The van der Waals surface area contributed by atoms with E-state index >= 15 is 0 Å². The van der Waals surface area contributed by atoms with Gasteiger partial charge in [-0.25, -0.2) is 0 Å². The van der Waals surface area contributed by atoms with Crippen molar-refractivity contribution in [1.82, 2.24) is 0 Å². The summed E-state index contributed by atoms with van der Waals surface area (Å²) >= 11 is 0. The van der Waals surface area contributed by atoms with Crippen molar-refractivity contribution in [3.8, 4) is 0 Å². The van der Waals surface area contributed by atoms with Crippen LogP contribution >= 0.6 is 7.14 Å². The summed E-state index contributed by atoms with van der Waals surface area (Å²) in [7, 11) is -9.03. The molecule has 4 nitrogen and oxygen atoms in total. The highest BCUT2D eigenvalue weighted by atomic mass is 31.2. The van der Waals surface area contributed by atoms with E-state index in [-0.39, 0.29) is 28.4 Å². The Morgan fingerprint density at radius 3 is 1.56 bits per heavy atom. The predicted octanol–water partition coefficient (Wildman–Crippen LogP) is 9.72. The van der Waals surface area contributed by atoms with Crippen LogP contribution in [0.1, 0.15) is 54.4 Å². The van der Waals surface area contributed by atoms with Gasteiger partial charge in [-0.2, -0.15) is 0 Å². The van der Waals surface area contributed by atoms with Crippen molar-refractivity contribution < 1.29 is 17.8 Å². The molecule has 0 amide bonds. The fourth-order valence-corrected chi connectivity index (χ4v) is 11.4. The van der Waals surface area contributed by atoms with Crippen LogP contribution in [0.5, 0.6) is 0 Å². The van der Waals surface area contributed by atoms with Gasteiger partial charge in [-0.15, -0.1) is 0 Å². The summed E-state index contributed by atoms with van der Waals surface area (Å²) in [6.45, 7) is 29.9. The molecule has 3 rings (SSSR count). The summed E-state index contributed by atoms with van der Waals surface area (Å²) in [4.78, 5) is 0. The van der Waals surface area contributed by atoms with Crippen LogP contribution in [0.25, 0.3) is 0 Å². The summed E-state index contributed by atoms with van der Waals surface area (Å²) < 4.78 is 36.3. The molecule has 0 bridgehead atoms. The van der Waals surface area contributed by atoms with Gasteiger partial charge in [0.05, 0.1) is 18.3 Å². The molecule has 0 aliphatic heterocycles. The molecule has 0 saturated carbocycles. The van der Waals surface area contributed by atoms with E-state index in [1.807, 2.05) is 60.7 Å². The van der Waals surface area contributed by atoms with Crippen LogP contribution in [0.15, 0.2) is 72.3 Å². The highest BCUT2D eigenvalue weighted by Gasteiger charge is 2.48. The highest BCUT2D eigenvalue weighted by Crippen LogP contribution is 2.47. The molecule has 8 heteroatoms. The van der Waals surface area contributed by atoms with E-state index in [4.69, 9.17) is 13.3 Å². The van der Waals surface area contributed by atoms with E-state index < -0.39 is 32.1 Å². The number of hydrogen-bond donors (Lipinski definition) is 0. The second kappa shape index (κ2) is 13.4. The average molecular weight is 659 g/mol. The molecule has 43 heavy (non-hydrogen) atoms. The molecule has 0 fully saturated rings. The zero-order valence-electron chi connectivity index (χ0n) is 29.3. The van der Waals surface area contributed by atoms with Crippen molar-refractivity contribution in [2.75, 3.05) is 6.16 Å².